The van der Waals surface area contributed by atoms with Crippen LogP contribution in [0.3, 0.4) is 0 Å². The highest BCUT2D eigenvalue weighted by Gasteiger charge is 2.35. The Kier molecular flexibility index (Phi) is 4.91. The van der Waals surface area contributed by atoms with E-state index in [1.165, 1.54) is 94.3 Å². The Morgan fingerprint density at radius 3 is 1.96 bits per heavy atom. The molecular formula is C45H31N3. The second-order valence-electron chi connectivity index (χ2n) is 13.8. The topological polar surface area (TPSA) is 13.1 Å². The van der Waals surface area contributed by atoms with Crippen molar-refractivity contribution in [3.63, 3.8) is 0 Å². The normalized spacial score (nSPS) is 14.2. The first-order valence-electron chi connectivity index (χ1n) is 16.8. The lowest BCUT2D eigenvalue weighted by Crippen LogP contribution is -2.17. The minimum absolute atomic E-state index is 0.0673. The number of hydrogen-bond donors (Lipinski definition) is 0. The summed E-state index contributed by atoms with van der Waals surface area (Å²) in [5.74, 6) is 0. The quantitative estimate of drug-likeness (QED) is 0.189. The zero-order valence-electron chi connectivity index (χ0n) is 26.8. The summed E-state index contributed by atoms with van der Waals surface area (Å²) in [4.78, 5) is 2.41. The summed E-state index contributed by atoms with van der Waals surface area (Å²) in [6.07, 6.45) is 0. The van der Waals surface area contributed by atoms with E-state index in [2.05, 4.69) is 180 Å². The molecule has 0 fully saturated rings. The summed E-state index contributed by atoms with van der Waals surface area (Å²) in [6, 6.07) is 56.1. The number of nitrogens with zero attached hydrogens (tertiary/aromatic N) is 3. The van der Waals surface area contributed by atoms with Gasteiger partial charge in [-0.15, -0.1) is 0 Å². The maximum Gasteiger partial charge on any atom is 0.0783 e. The molecule has 11 rings (SSSR count). The smallest absolute Gasteiger partial charge is 0.0783 e. The molecule has 0 atom stereocenters. The van der Waals surface area contributed by atoms with E-state index >= 15 is 0 Å². The Morgan fingerprint density at radius 2 is 1.06 bits per heavy atom. The molecule has 48 heavy (non-hydrogen) atoms. The molecule has 0 radical (unpaired) electrons. The van der Waals surface area contributed by atoms with Gasteiger partial charge in [-0.1, -0.05) is 105 Å². The molecule has 0 spiro atoms. The van der Waals surface area contributed by atoms with Crippen molar-refractivity contribution >= 4 is 60.7 Å². The van der Waals surface area contributed by atoms with Gasteiger partial charge in [-0.3, -0.25) is 0 Å². The van der Waals surface area contributed by atoms with Crippen molar-refractivity contribution < 1.29 is 0 Å². The maximum absolute atomic E-state index is 2.50. The van der Waals surface area contributed by atoms with Crippen molar-refractivity contribution in [1.82, 2.24) is 9.13 Å². The molecule has 1 aliphatic carbocycles. The molecule has 226 valence electrons. The molecule has 1 aliphatic heterocycles. The molecule has 0 unspecified atom stereocenters. The van der Waals surface area contributed by atoms with Crippen LogP contribution in [0.4, 0.5) is 17.1 Å². The van der Waals surface area contributed by atoms with Gasteiger partial charge in [0.15, 0.2) is 0 Å². The lowest BCUT2D eigenvalue weighted by atomic mass is 9.82. The monoisotopic (exact) mass is 613 g/mol. The molecule has 0 amide bonds. The van der Waals surface area contributed by atoms with Crippen LogP contribution in [0.5, 0.6) is 0 Å². The Labute approximate surface area is 278 Å². The number of fused-ring (bicyclic) bond motifs is 11. The minimum Gasteiger partial charge on any atom is -0.309 e. The number of hydrogen-bond acceptors (Lipinski definition) is 1. The number of aromatic nitrogens is 2. The van der Waals surface area contributed by atoms with Crippen LogP contribution >= 0.6 is 0 Å². The van der Waals surface area contributed by atoms with Crippen LogP contribution in [-0.2, 0) is 5.41 Å². The third-order valence-electron chi connectivity index (χ3n) is 11.0. The standard InChI is InChI=1S/C45H31N3/c1-45(2)36-18-8-6-15-30(36)31-24-23-29(25-37(31)45)47-38-19-9-7-16-32(38)34-26-35-33-17-12-22-41-44(33)48(43(35)27-42(34)47)40-21-11-10-20-39(40)46(41)28-13-4-3-5-14-28/h3-27H,1-2H3. The minimum atomic E-state index is -0.0673. The number of benzene rings is 7. The molecule has 2 aromatic heterocycles. The largest absolute Gasteiger partial charge is 0.309 e. The first-order valence-corrected chi connectivity index (χ1v) is 16.8. The summed E-state index contributed by atoms with van der Waals surface area (Å²) in [7, 11) is 0. The molecule has 9 aromatic rings. The highest BCUT2D eigenvalue weighted by molar-refractivity contribution is 6.22. The van der Waals surface area contributed by atoms with Crippen molar-refractivity contribution in [3.05, 3.63) is 163 Å². The van der Waals surface area contributed by atoms with Gasteiger partial charge in [0, 0.05) is 38.3 Å². The van der Waals surface area contributed by atoms with E-state index < -0.39 is 0 Å². The fraction of sp³-hybridized carbons (Fsp3) is 0.0667. The predicted octanol–water partition coefficient (Wildman–Crippen LogP) is 12.0. The Hall–Kier alpha value is -6.06. The van der Waals surface area contributed by atoms with E-state index in [4.69, 9.17) is 0 Å². The summed E-state index contributed by atoms with van der Waals surface area (Å²) in [5, 5.41) is 5.10. The third-order valence-corrected chi connectivity index (χ3v) is 11.0. The van der Waals surface area contributed by atoms with E-state index in [-0.39, 0.29) is 5.41 Å². The number of anilines is 3. The Bertz CT molecular complexity index is 2810. The van der Waals surface area contributed by atoms with Crippen molar-refractivity contribution in [2.45, 2.75) is 19.3 Å². The van der Waals surface area contributed by atoms with Gasteiger partial charge in [0.25, 0.3) is 0 Å². The zero-order valence-corrected chi connectivity index (χ0v) is 26.8. The summed E-state index contributed by atoms with van der Waals surface area (Å²) < 4.78 is 4.99. The summed E-state index contributed by atoms with van der Waals surface area (Å²) >= 11 is 0. The van der Waals surface area contributed by atoms with E-state index in [9.17, 15) is 0 Å². The molecule has 0 saturated carbocycles. The SMILES string of the molecule is CC1(C)c2ccccc2-c2ccc(-n3c4ccccc4c4cc5c6cccc7c6n(c5cc43)-c3ccccc3N7c3ccccc3)cc21. The van der Waals surface area contributed by atoms with Crippen LogP contribution in [0.1, 0.15) is 25.0 Å². The number of rotatable bonds is 2. The molecule has 0 bridgehead atoms. The highest BCUT2D eigenvalue weighted by Crippen LogP contribution is 2.52. The summed E-state index contributed by atoms with van der Waals surface area (Å²) in [5.41, 5.74) is 16.3. The molecule has 3 heterocycles. The van der Waals surface area contributed by atoms with Crippen molar-refractivity contribution in [3.8, 4) is 22.5 Å². The second-order valence-corrected chi connectivity index (χ2v) is 13.8. The van der Waals surface area contributed by atoms with Crippen molar-refractivity contribution in [2.75, 3.05) is 4.90 Å². The van der Waals surface area contributed by atoms with Crippen LogP contribution in [0.15, 0.2) is 152 Å². The van der Waals surface area contributed by atoms with E-state index in [0.717, 1.165) is 0 Å². The zero-order chi connectivity index (χ0) is 31.7. The van der Waals surface area contributed by atoms with Crippen LogP contribution in [0.2, 0.25) is 0 Å². The van der Waals surface area contributed by atoms with Gasteiger partial charge in [-0.25, -0.2) is 0 Å². The van der Waals surface area contributed by atoms with E-state index in [0.29, 0.717) is 0 Å². The van der Waals surface area contributed by atoms with Gasteiger partial charge in [-0.05, 0) is 82.9 Å². The van der Waals surface area contributed by atoms with Crippen LogP contribution < -0.4 is 4.90 Å². The molecule has 3 heteroatoms. The van der Waals surface area contributed by atoms with Gasteiger partial charge < -0.3 is 14.0 Å². The van der Waals surface area contributed by atoms with E-state index in [1.807, 2.05) is 0 Å². The first-order chi connectivity index (χ1) is 23.6. The first kappa shape index (κ1) is 26.1. The molecule has 2 aliphatic rings. The van der Waals surface area contributed by atoms with Crippen molar-refractivity contribution in [2.24, 2.45) is 0 Å². The predicted molar refractivity (Wildman–Crippen MR) is 201 cm³/mol. The second kappa shape index (κ2) is 9.05. The fourth-order valence-corrected chi connectivity index (χ4v) is 8.88. The van der Waals surface area contributed by atoms with Gasteiger partial charge in [-0.2, -0.15) is 0 Å². The maximum atomic E-state index is 2.50. The Balaban J connectivity index is 1.24. The lowest BCUT2D eigenvalue weighted by molar-refractivity contribution is 0.660. The van der Waals surface area contributed by atoms with Crippen LogP contribution in [0, 0.1) is 0 Å². The van der Waals surface area contributed by atoms with Gasteiger partial charge in [0.2, 0.25) is 0 Å². The molecular weight excluding hydrogens is 583 g/mol. The average molecular weight is 614 g/mol. The average Bonchev–Trinajstić information content (AvgIpc) is 3.72. The van der Waals surface area contributed by atoms with E-state index in [1.54, 1.807) is 0 Å². The molecule has 0 saturated heterocycles. The number of para-hydroxylation sites is 5. The molecule has 3 nitrogen and oxygen atoms in total. The van der Waals surface area contributed by atoms with Crippen molar-refractivity contribution in [1.29, 1.82) is 0 Å². The van der Waals surface area contributed by atoms with Gasteiger partial charge >= 0.3 is 0 Å². The highest BCUT2D eigenvalue weighted by atomic mass is 15.2. The van der Waals surface area contributed by atoms with Crippen LogP contribution in [0.25, 0.3) is 66.1 Å². The van der Waals surface area contributed by atoms with Crippen LogP contribution in [-0.4, -0.2) is 9.13 Å². The summed E-state index contributed by atoms with van der Waals surface area (Å²) in [6.45, 7) is 4.73. The van der Waals surface area contributed by atoms with Gasteiger partial charge in [0.05, 0.1) is 39.1 Å². The Morgan fingerprint density at radius 1 is 0.396 bits per heavy atom. The fourth-order valence-electron chi connectivity index (χ4n) is 8.88. The lowest BCUT2D eigenvalue weighted by Gasteiger charge is -2.33. The van der Waals surface area contributed by atoms with Gasteiger partial charge in [0.1, 0.15) is 0 Å². The molecule has 7 aromatic carbocycles. The third kappa shape index (κ3) is 3.18. The molecule has 0 N–H and O–H groups in total.